The van der Waals surface area contributed by atoms with Crippen molar-refractivity contribution in [2.24, 2.45) is 0 Å². The first kappa shape index (κ1) is 17.4. The number of aromatic nitrogens is 1. The van der Waals surface area contributed by atoms with Crippen molar-refractivity contribution in [2.75, 3.05) is 36.5 Å². The summed E-state index contributed by atoms with van der Waals surface area (Å²) in [5.74, 6) is 2.00. The van der Waals surface area contributed by atoms with Crippen molar-refractivity contribution in [2.45, 2.75) is 18.3 Å². The largest absolute Gasteiger partial charge is 0.508 e. The van der Waals surface area contributed by atoms with Crippen molar-refractivity contribution in [1.82, 2.24) is 4.98 Å². The number of pyridine rings is 1. The van der Waals surface area contributed by atoms with E-state index in [1.165, 1.54) is 0 Å². The Hall–Kier alpha value is -2.05. The molecule has 1 aliphatic carbocycles. The molecule has 0 saturated heterocycles. The fourth-order valence-electron chi connectivity index (χ4n) is 3.96. The van der Waals surface area contributed by atoms with Gasteiger partial charge in [-0.2, -0.15) is 0 Å². The van der Waals surface area contributed by atoms with E-state index in [0.29, 0.717) is 36.2 Å². The van der Waals surface area contributed by atoms with Gasteiger partial charge in [0.25, 0.3) is 0 Å². The van der Waals surface area contributed by atoms with Crippen molar-refractivity contribution < 1.29 is 14.6 Å². The lowest BCUT2D eigenvalue weighted by Crippen LogP contribution is -2.42. The topological polar surface area (TPSA) is 62.7 Å². The average molecular weight is 371 g/mol. The number of anilines is 1. The maximum atomic E-state index is 13.4. The summed E-state index contributed by atoms with van der Waals surface area (Å²) in [6.07, 6.45) is 7.33. The van der Waals surface area contributed by atoms with E-state index in [-0.39, 0.29) is 18.4 Å². The summed E-state index contributed by atoms with van der Waals surface area (Å²) in [6.45, 7) is 0.881. The van der Waals surface area contributed by atoms with Crippen LogP contribution < -0.4 is 4.90 Å². The highest BCUT2D eigenvalue weighted by Crippen LogP contribution is 2.49. The maximum absolute atomic E-state index is 13.4. The van der Waals surface area contributed by atoms with Crippen LogP contribution in [0.15, 0.2) is 36.5 Å². The number of amides is 1. The molecule has 2 aromatic rings. The summed E-state index contributed by atoms with van der Waals surface area (Å²) in [5, 5.41) is 9.80. The molecule has 0 bridgehead atoms. The zero-order valence-electron chi connectivity index (χ0n) is 15.1. The number of carbonyl (C=O) groups excluding carboxylic acids is 1. The normalized spacial score (nSPS) is 20.9. The molecule has 0 saturated carbocycles. The predicted octanol–water partition coefficient (Wildman–Crippen LogP) is 2.02. The molecule has 2 heterocycles. The monoisotopic (exact) mass is 371 g/mol. The van der Waals surface area contributed by atoms with Gasteiger partial charge in [-0.05, 0) is 53.1 Å². The van der Waals surface area contributed by atoms with E-state index in [9.17, 15) is 9.90 Å². The third-order valence-electron chi connectivity index (χ3n) is 5.24. The summed E-state index contributed by atoms with van der Waals surface area (Å²) in [7, 11) is 0.322. The minimum Gasteiger partial charge on any atom is -0.508 e. The lowest BCUT2D eigenvalue weighted by Gasteiger charge is -2.23. The van der Waals surface area contributed by atoms with E-state index < -0.39 is 5.41 Å². The molecule has 26 heavy (non-hydrogen) atoms. The highest BCUT2D eigenvalue weighted by molar-refractivity contribution is 7.95. The van der Waals surface area contributed by atoms with Crippen LogP contribution in [-0.2, 0) is 38.7 Å². The van der Waals surface area contributed by atoms with Crippen LogP contribution in [-0.4, -0.2) is 47.6 Å². The first-order valence-corrected chi connectivity index (χ1v) is 10.9. The van der Waals surface area contributed by atoms with Crippen LogP contribution in [0.3, 0.4) is 0 Å². The molecule has 4 rings (SSSR count). The van der Waals surface area contributed by atoms with Crippen LogP contribution in [0.1, 0.15) is 16.7 Å². The van der Waals surface area contributed by atoms with E-state index in [2.05, 4.69) is 17.5 Å². The summed E-state index contributed by atoms with van der Waals surface area (Å²) in [4.78, 5) is 19.6. The first-order valence-electron chi connectivity index (χ1n) is 8.71. The van der Waals surface area contributed by atoms with Gasteiger partial charge in [0.05, 0.1) is 24.5 Å². The molecule has 1 aromatic heterocycles. The number of nitrogens with zero attached hydrogens (tertiary/aromatic N) is 2. The average Bonchev–Trinajstić information content (AvgIpc) is 3.10. The number of hydrogen-bond acceptors (Lipinski definition) is 4. The number of rotatable bonds is 5. The number of fused-ring (bicyclic) bond motifs is 3. The number of aromatic hydroxyl groups is 1. The predicted molar refractivity (Wildman–Crippen MR) is 104 cm³/mol. The quantitative estimate of drug-likeness (QED) is 0.645. The summed E-state index contributed by atoms with van der Waals surface area (Å²) in [5.41, 5.74) is 2.50. The van der Waals surface area contributed by atoms with Crippen LogP contribution in [0.5, 0.6) is 5.75 Å². The molecule has 1 amide bonds. The number of phenols is 1. The summed E-state index contributed by atoms with van der Waals surface area (Å²) < 4.78 is 5.79. The van der Waals surface area contributed by atoms with Gasteiger partial charge in [0.1, 0.15) is 24.1 Å². The molecule has 1 aliphatic heterocycles. The highest BCUT2D eigenvalue weighted by Gasteiger charge is 2.54. The van der Waals surface area contributed by atoms with Crippen LogP contribution in [0.2, 0.25) is 0 Å². The standard InChI is InChI=1S/C20H22N2O3S/c1-26(2)9-8-25-13-22-18-17(4-3-7-21-18)20(19(22)24)11-14-5-6-16(23)10-15(14)12-20/h3-7,10H,8-9,11-13H2,1-2H3/p+1/t20-/m1/s1. The van der Waals surface area contributed by atoms with Gasteiger partial charge in [-0.3, -0.25) is 9.69 Å². The van der Waals surface area contributed by atoms with Gasteiger partial charge in [-0.15, -0.1) is 0 Å². The fourth-order valence-corrected chi connectivity index (χ4v) is 4.41. The molecular weight excluding hydrogens is 348 g/mol. The smallest absolute Gasteiger partial charge is 0.241 e. The zero-order valence-corrected chi connectivity index (χ0v) is 15.9. The summed E-state index contributed by atoms with van der Waals surface area (Å²) >= 11 is 0. The van der Waals surface area contributed by atoms with E-state index in [1.54, 1.807) is 23.2 Å². The Labute approximate surface area is 156 Å². The molecule has 1 atom stereocenters. The summed E-state index contributed by atoms with van der Waals surface area (Å²) in [6, 6.07) is 9.27. The van der Waals surface area contributed by atoms with Gasteiger partial charge in [-0.1, -0.05) is 12.1 Å². The molecular formula is C20H23N2O3S+. The Morgan fingerprint density at radius 2 is 2.08 bits per heavy atom. The Kier molecular flexibility index (Phi) is 4.40. The SMILES string of the molecule is C[S+](C)CCOCN1C(=O)[C@@]2(Cc3ccc(O)cc3C2)c2cccnc21. The first-order chi connectivity index (χ1) is 12.5. The molecule has 5 nitrogen and oxygen atoms in total. The van der Waals surface area contributed by atoms with E-state index in [4.69, 9.17) is 4.74 Å². The van der Waals surface area contributed by atoms with Gasteiger partial charge in [0, 0.05) is 11.8 Å². The highest BCUT2D eigenvalue weighted by atomic mass is 32.2. The van der Waals surface area contributed by atoms with Gasteiger partial charge in [0.2, 0.25) is 5.91 Å². The molecule has 1 spiro atoms. The van der Waals surface area contributed by atoms with Crippen LogP contribution in [0.4, 0.5) is 5.82 Å². The second kappa shape index (κ2) is 6.59. The van der Waals surface area contributed by atoms with Crippen molar-refractivity contribution in [1.29, 1.82) is 0 Å². The van der Waals surface area contributed by atoms with E-state index in [1.807, 2.05) is 18.2 Å². The van der Waals surface area contributed by atoms with Crippen molar-refractivity contribution in [3.63, 3.8) is 0 Å². The van der Waals surface area contributed by atoms with Gasteiger partial charge in [0.15, 0.2) is 0 Å². The van der Waals surface area contributed by atoms with Gasteiger partial charge in [-0.25, -0.2) is 4.98 Å². The second-order valence-corrected chi connectivity index (χ2v) is 9.60. The molecule has 2 aliphatic rings. The Morgan fingerprint density at radius 1 is 1.27 bits per heavy atom. The van der Waals surface area contributed by atoms with Gasteiger partial charge >= 0.3 is 0 Å². The molecule has 0 radical (unpaired) electrons. The number of hydrogen-bond donors (Lipinski definition) is 1. The van der Waals surface area contributed by atoms with E-state index >= 15 is 0 Å². The number of phenolic OH excluding ortho intramolecular Hbond substituents is 1. The molecule has 1 aromatic carbocycles. The minimum absolute atomic E-state index is 0.0499. The molecule has 0 unspecified atom stereocenters. The van der Waals surface area contributed by atoms with Crippen molar-refractivity contribution in [3.8, 4) is 5.75 Å². The van der Waals surface area contributed by atoms with E-state index in [0.717, 1.165) is 22.4 Å². The number of ether oxygens (including phenoxy) is 1. The lowest BCUT2D eigenvalue weighted by molar-refractivity contribution is -0.124. The van der Waals surface area contributed by atoms with Crippen LogP contribution in [0.25, 0.3) is 0 Å². The maximum Gasteiger partial charge on any atom is 0.241 e. The Bertz CT molecular complexity index is 855. The fraction of sp³-hybridized carbons (Fsp3) is 0.400. The van der Waals surface area contributed by atoms with Crippen molar-refractivity contribution in [3.05, 3.63) is 53.2 Å². The molecule has 136 valence electrons. The third-order valence-corrected chi connectivity index (χ3v) is 6.23. The number of carbonyl (C=O) groups is 1. The lowest BCUT2D eigenvalue weighted by atomic mass is 9.79. The van der Waals surface area contributed by atoms with Crippen LogP contribution in [0, 0.1) is 0 Å². The molecule has 1 N–H and O–H groups in total. The third kappa shape index (κ3) is 2.77. The second-order valence-electron chi connectivity index (χ2n) is 7.22. The minimum atomic E-state index is -0.622. The van der Waals surface area contributed by atoms with Crippen molar-refractivity contribution >= 4 is 22.6 Å². The van der Waals surface area contributed by atoms with Gasteiger partial charge < -0.3 is 9.84 Å². The Morgan fingerprint density at radius 3 is 2.88 bits per heavy atom. The zero-order chi connectivity index (χ0) is 18.3. The molecule has 0 fully saturated rings. The molecule has 6 heteroatoms. The Balaban J connectivity index is 1.63. The number of benzene rings is 1. The van der Waals surface area contributed by atoms with Crippen LogP contribution >= 0.6 is 0 Å².